The smallest absolute Gasteiger partial charge is 0.244 e. The molecule has 1 saturated heterocycles. The van der Waals surface area contributed by atoms with Gasteiger partial charge in [0.1, 0.15) is 4.90 Å². The summed E-state index contributed by atoms with van der Waals surface area (Å²) in [6.45, 7) is 3.03. The van der Waals surface area contributed by atoms with Gasteiger partial charge in [0.2, 0.25) is 10.0 Å². The number of carbonyl (C=O) groups is 1. The van der Waals surface area contributed by atoms with Crippen molar-refractivity contribution in [1.29, 1.82) is 0 Å². The van der Waals surface area contributed by atoms with Crippen LogP contribution in [-0.2, 0) is 10.0 Å². The Morgan fingerprint density at radius 3 is 2.62 bits per heavy atom. The number of fused-ring (bicyclic) bond motifs is 1. The number of para-hydroxylation sites is 1. The van der Waals surface area contributed by atoms with Gasteiger partial charge in [0.05, 0.1) is 10.8 Å². The second-order valence-electron chi connectivity index (χ2n) is 7.18. The first kappa shape index (κ1) is 20.1. The van der Waals surface area contributed by atoms with Gasteiger partial charge in [-0.1, -0.05) is 36.4 Å². The number of thioether (sulfide) groups is 1. The van der Waals surface area contributed by atoms with E-state index in [9.17, 15) is 13.2 Å². The summed E-state index contributed by atoms with van der Waals surface area (Å²) in [6.07, 6.45) is 4.27. The second-order valence-corrected chi connectivity index (χ2v) is 10.1. The molecule has 0 saturated carbocycles. The molecule has 6 nitrogen and oxygen atoms in total. The average Bonchev–Trinajstić information content (AvgIpc) is 3.08. The Balaban J connectivity index is 1.45. The molecule has 29 heavy (non-hydrogen) atoms. The quantitative estimate of drug-likeness (QED) is 0.473. The number of carbonyl (C=O) groups excluding carboxylic acids is 1. The molecule has 0 atom stereocenters. The summed E-state index contributed by atoms with van der Waals surface area (Å²) in [5.74, 6) is 0.269. The molecule has 0 aliphatic carbocycles. The molecule has 1 aromatic carbocycles. The maximum absolute atomic E-state index is 12.8. The number of ketones is 1. The van der Waals surface area contributed by atoms with E-state index in [1.54, 1.807) is 12.1 Å². The third kappa shape index (κ3) is 4.10. The van der Waals surface area contributed by atoms with Crippen LogP contribution >= 0.6 is 11.8 Å². The third-order valence-electron chi connectivity index (χ3n) is 5.19. The summed E-state index contributed by atoms with van der Waals surface area (Å²) in [6, 6.07) is 11.0. The monoisotopic (exact) mass is 429 g/mol. The molecule has 0 amide bonds. The summed E-state index contributed by atoms with van der Waals surface area (Å²) in [5.41, 5.74) is 2.51. The van der Waals surface area contributed by atoms with E-state index in [2.05, 4.69) is 9.97 Å². The van der Waals surface area contributed by atoms with Gasteiger partial charge in [0.25, 0.3) is 0 Å². The molecular weight excluding hydrogens is 406 g/mol. The van der Waals surface area contributed by atoms with Crippen LogP contribution in [0.4, 0.5) is 0 Å². The molecular formula is C21H23N3O3S2. The number of aryl methyl sites for hydroxylation is 1. The maximum Gasteiger partial charge on any atom is 0.244 e. The van der Waals surface area contributed by atoms with Crippen molar-refractivity contribution in [3.8, 4) is 0 Å². The Bertz CT molecular complexity index is 1130. The van der Waals surface area contributed by atoms with E-state index in [1.807, 2.05) is 31.2 Å². The number of pyridine rings is 1. The number of piperidine rings is 1. The number of aromatic amines is 1. The lowest BCUT2D eigenvalue weighted by molar-refractivity contribution is 0.102. The van der Waals surface area contributed by atoms with Gasteiger partial charge in [0, 0.05) is 41.4 Å². The number of rotatable bonds is 6. The molecule has 3 aromatic rings. The van der Waals surface area contributed by atoms with E-state index in [4.69, 9.17) is 0 Å². The van der Waals surface area contributed by atoms with Crippen LogP contribution in [0.3, 0.4) is 0 Å². The molecule has 3 heterocycles. The Kier molecular flexibility index (Phi) is 5.76. The normalized spacial score (nSPS) is 15.6. The lowest BCUT2D eigenvalue weighted by Gasteiger charge is -2.25. The summed E-state index contributed by atoms with van der Waals surface area (Å²) >= 11 is 1.32. The van der Waals surface area contributed by atoms with Crippen LogP contribution < -0.4 is 0 Å². The van der Waals surface area contributed by atoms with Crippen LogP contribution in [-0.4, -0.2) is 47.3 Å². The van der Waals surface area contributed by atoms with Crippen molar-refractivity contribution in [1.82, 2.24) is 14.3 Å². The van der Waals surface area contributed by atoms with Gasteiger partial charge in [-0.15, -0.1) is 0 Å². The SMILES string of the molecule is Cc1[nH]c2ccccc2c1C(=O)CSc1ccc(S(=O)(=O)N2CCCCC2)cn1. The highest BCUT2D eigenvalue weighted by atomic mass is 32.2. The summed E-state index contributed by atoms with van der Waals surface area (Å²) < 4.78 is 26.9. The number of nitrogens with one attached hydrogen (secondary N) is 1. The van der Waals surface area contributed by atoms with Gasteiger partial charge in [-0.05, 0) is 38.0 Å². The summed E-state index contributed by atoms with van der Waals surface area (Å²) in [7, 11) is -3.48. The average molecular weight is 430 g/mol. The zero-order chi connectivity index (χ0) is 20.4. The Labute approximate surface area is 174 Å². The first-order chi connectivity index (χ1) is 14.0. The van der Waals surface area contributed by atoms with Crippen LogP contribution in [0.15, 0.2) is 52.5 Å². The number of Topliss-reactive ketones (excluding diaryl/α,β-unsaturated/α-hetero) is 1. The minimum atomic E-state index is -3.48. The van der Waals surface area contributed by atoms with Gasteiger partial charge in [0.15, 0.2) is 5.78 Å². The minimum absolute atomic E-state index is 0.0248. The van der Waals surface area contributed by atoms with E-state index in [1.165, 1.54) is 22.3 Å². The third-order valence-corrected chi connectivity index (χ3v) is 8.01. The number of sulfonamides is 1. The molecule has 2 aromatic heterocycles. The van der Waals surface area contributed by atoms with Gasteiger partial charge in [-0.25, -0.2) is 13.4 Å². The van der Waals surface area contributed by atoms with E-state index >= 15 is 0 Å². The fraction of sp³-hybridized carbons (Fsp3) is 0.333. The molecule has 1 aliphatic rings. The number of benzene rings is 1. The first-order valence-corrected chi connectivity index (χ1v) is 12.1. The number of aromatic nitrogens is 2. The van der Waals surface area contributed by atoms with Gasteiger partial charge in [-0.3, -0.25) is 4.79 Å². The largest absolute Gasteiger partial charge is 0.358 e. The van der Waals surface area contributed by atoms with Crippen LogP contribution in [0, 0.1) is 6.92 Å². The predicted molar refractivity (Wildman–Crippen MR) is 115 cm³/mol. The van der Waals surface area contributed by atoms with Crippen LogP contribution in [0.5, 0.6) is 0 Å². The topological polar surface area (TPSA) is 83.1 Å². The van der Waals surface area contributed by atoms with Gasteiger partial charge in [-0.2, -0.15) is 4.31 Å². The van der Waals surface area contributed by atoms with E-state index in [-0.39, 0.29) is 16.4 Å². The van der Waals surface area contributed by atoms with E-state index in [0.29, 0.717) is 23.7 Å². The Morgan fingerprint density at radius 1 is 1.14 bits per heavy atom. The molecule has 4 rings (SSSR count). The summed E-state index contributed by atoms with van der Waals surface area (Å²) in [5, 5.41) is 1.56. The van der Waals surface area contributed by atoms with Crippen LogP contribution in [0.2, 0.25) is 0 Å². The van der Waals surface area contributed by atoms with Gasteiger partial charge < -0.3 is 4.98 Å². The molecule has 8 heteroatoms. The zero-order valence-electron chi connectivity index (χ0n) is 16.2. The second kappa shape index (κ2) is 8.30. The van der Waals surface area contributed by atoms with Gasteiger partial charge >= 0.3 is 0 Å². The number of H-pyrrole nitrogens is 1. The fourth-order valence-electron chi connectivity index (χ4n) is 3.71. The molecule has 0 unspecified atom stereocenters. The molecule has 0 spiro atoms. The molecule has 1 N–H and O–H groups in total. The molecule has 0 radical (unpaired) electrons. The van der Waals surface area contributed by atoms with Crippen molar-refractivity contribution in [3.63, 3.8) is 0 Å². The molecule has 0 bridgehead atoms. The minimum Gasteiger partial charge on any atom is -0.358 e. The van der Waals surface area contributed by atoms with Crippen LogP contribution in [0.25, 0.3) is 10.9 Å². The lowest BCUT2D eigenvalue weighted by Crippen LogP contribution is -2.35. The van der Waals surface area contributed by atoms with E-state index < -0.39 is 10.0 Å². The van der Waals surface area contributed by atoms with Crippen molar-refractivity contribution in [3.05, 3.63) is 53.9 Å². The van der Waals surface area contributed by atoms with Crippen molar-refractivity contribution in [2.45, 2.75) is 36.1 Å². The zero-order valence-corrected chi connectivity index (χ0v) is 17.9. The Hall–Kier alpha value is -2.16. The Morgan fingerprint density at radius 2 is 1.90 bits per heavy atom. The van der Waals surface area contributed by atoms with Crippen molar-refractivity contribution in [2.75, 3.05) is 18.8 Å². The van der Waals surface area contributed by atoms with Crippen molar-refractivity contribution in [2.24, 2.45) is 0 Å². The number of hydrogen-bond acceptors (Lipinski definition) is 5. The maximum atomic E-state index is 12.8. The molecule has 1 fully saturated rings. The van der Waals surface area contributed by atoms with Crippen LogP contribution in [0.1, 0.15) is 35.3 Å². The highest BCUT2D eigenvalue weighted by Crippen LogP contribution is 2.26. The highest BCUT2D eigenvalue weighted by molar-refractivity contribution is 7.99. The lowest BCUT2D eigenvalue weighted by atomic mass is 10.1. The van der Waals surface area contributed by atoms with E-state index in [0.717, 1.165) is 35.9 Å². The fourth-order valence-corrected chi connectivity index (χ4v) is 5.88. The highest BCUT2D eigenvalue weighted by Gasteiger charge is 2.26. The standard InChI is InChI=1S/C21H23N3O3S2/c1-15-21(17-7-3-4-8-18(17)23-15)19(25)14-28-20-10-9-16(13-22-20)29(26,27)24-11-5-2-6-12-24/h3-4,7-10,13,23H,2,5-6,11-12,14H2,1H3. The summed E-state index contributed by atoms with van der Waals surface area (Å²) in [4.78, 5) is 20.5. The molecule has 152 valence electrons. The van der Waals surface area contributed by atoms with Crippen molar-refractivity contribution < 1.29 is 13.2 Å². The van der Waals surface area contributed by atoms with Crippen molar-refractivity contribution >= 4 is 38.5 Å². The predicted octanol–water partition coefficient (Wildman–Crippen LogP) is 4.02. The number of nitrogens with zero attached hydrogens (tertiary/aromatic N) is 2. The first-order valence-electron chi connectivity index (χ1n) is 9.66. The molecule has 1 aliphatic heterocycles. The number of hydrogen-bond donors (Lipinski definition) is 1.